The van der Waals surface area contributed by atoms with E-state index in [1.165, 1.54) is 0 Å². The van der Waals surface area contributed by atoms with Crippen LogP contribution in [-0.4, -0.2) is 54.4 Å². The molecule has 0 bridgehead atoms. The maximum atomic E-state index is 12.0. The molecule has 0 saturated carbocycles. The Bertz CT molecular complexity index is 776. The van der Waals surface area contributed by atoms with E-state index >= 15 is 0 Å². The maximum absolute atomic E-state index is 12.0. The predicted molar refractivity (Wildman–Crippen MR) is 99.5 cm³/mol. The van der Waals surface area contributed by atoms with E-state index in [2.05, 4.69) is 4.90 Å². The predicted octanol–water partition coefficient (Wildman–Crippen LogP) is 3.17. The van der Waals surface area contributed by atoms with Gasteiger partial charge in [-0.3, -0.25) is 0 Å². The molecule has 2 fully saturated rings. The van der Waals surface area contributed by atoms with Crippen LogP contribution in [0, 0.1) is 5.92 Å². The van der Waals surface area contributed by atoms with E-state index in [1.807, 2.05) is 42.5 Å². The fraction of sp³-hybridized carbons (Fsp3) is 0.476. The standard InChI is InChI=1S/C21H25NO4/c23-20(24)21(8-10-22(11-9-21)14-16-7-12-25-15-16)26-19-6-5-17-3-1-2-4-18(17)13-19/h1-6,13,16H,7-12,14-15H2,(H,23,24). The van der Waals surface area contributed by atoms with E-state index in [4.69, 9.17) is 9.47 Å². The van der Waals surface area contributed by atoms with Crippen molar-refractivity contribution in [2.45, 2.75) is 24.9 Å². The Labute approximate surface area is 153 Å². The highest BCUT2D eigenvalue weighted by Crippen LogP contribution is 2.31. The number of ether oxygens (including phenoxy) is 2. The molecule has 5 nitrogen and oxygen atoms in total. The van der Waals surface area contributed by atoms with E-state index < -0.39 is 11.6 Å². The molecule has 0 aliphatic carbocycles. The van der Waals surface area contributed by atoms with E-state index in [1.54, 1.807) is 0 Å². The number of rotatable bonds is 5. The molecular weight excluding hydrogens is 330 g/mol. The lowest BCUT2D eigenvalue weighted by molar-refractivity contribution is -0.159. The summed E-state index contributed by atoms with van der Waals surface area (Å²) in [5.41, 5.74) is -1.13. The molecule has 1 unspecified atom stereocenters. The Morgan fingerprint density at radius 3 is 2.65 bits per heavy atom. The van der Waals surface area contributed by atoms with Crippen molar-refractivity contribution in [2.24, 2.45) is 5.92 Å². The first-order valence-corrected chi connectivity index (χ1v) is 9.36. The van der Waals surface area contributed by atoms with Crippen LogP contribution in [0.4, 0.5) is 0 Å². The summed E-state index contributed by atoms with van der Waals surface area (Å²) in [5.74, 6) is 0.340. The number of nitrogens with zero attached hydrogens (tertiary/aromatic N) is 1. The minimum atomic E-state index is -1.13. The van der Waals surface area contributed by atoms with Gasteiger partial charge in [-0.2, -0.15) is 0 Å². The van der Waals surface area contributed by atoms with Crippen molar-refractivity contribution in [1.29, 1.82) is 0 Å². The molecule has 1 atom stereocenters. The van der Waals surface area contributed by atoms with Crippen LogP contribution in [0.15, 0.2) is 42.5 Å². The van der Waals surface area contributed by atoms with E-state index in [9.17, 15) is 9.90 Å². The molecule has 0 radical (unpaired) electrons. The molecule has 2 aliphatic rings. The zero-order valence-electron chi connectivity index (χ0n) is 14.9. The molecule has 2 heterocycles. The van der Waals surface area contributed by atoms with E-state index in [-0.39, 0.29) is 0 Å². The minimum absolute atomic E-state index is 0.503. The Kier molecular flexibility index (Phi) is 4.83. The highest BCUT2D eigenvalue weighted by Gasteiger charge is 2.44. The number of piperidine rings is 1. The first-order chi connectivity index (χ1) is 12.6. The zero-order valence-corrected chi connectivity index (χ0v) is 14.9. The summed E-state index contributed by atoms with van der Waals surface area (Å²) in [6.07, 6.45) is 2.11. The summed E-state index contributed by atoms with van der Waals surface area (Å²) in [5, 5.41) is 12.1. The number of carboxylic acids is 1. The molecule has 2 aromatic carbocycles. The number of carbonyl (C=O) groups is 1. The Hall–Kier alpha value is -2.11. The molecule has 26 heavy (non-hydrogen) atoms. The molecule has 0 amide bonds. The average molecular weight is 355 g/mol. The van der Waals surface area contributed by atoms with Crippen molar-refractivity contribution in [3.05, 3.63) is 42.5 Å². The van der Waals surface area contributed by atoms with Gasteiger partial charge in [0, 0.05) is 39.1 Å². The third kappa shape index (κ3) is 3.55. The van der Waals surface area contributed by atoms with Crippen LogP contribution in [0.3, 0.4) is 0 Å². The third-order valence-electron chi connectivity index (χ3n) is 5.63. The summed E-state index contributed by atoms with van der Waals surface area (Å²) < 4.78 is 11.5. The van der Waals surface area contributed by atoms with Crippen molar-refractivity contribution < 1.29 is 19.4 Å². The van der Waals surface area contributed by atoms with E-state index in [0.29, 0.717) is 24.5 Å². The lowest BCUT2D eigenvalue weighted by atomic mass is 9.90. The number of aliphatic carboxylic acids is 1. The molecular formula is C21H25NO4. The largest absolute Gasteiger partial charge is 0.478 e. The van der Waals surface area contributed by atoms with Crippen LogP contribution in [0.25, 0.3) is 10.8 Å². The highest BCUT2D eigenvalue weighted by atomic mass is 16.5. The normalized spacial score (nSPS) is 23.2. The lowest BCUT2D eigenvalue weighted by Gasteiger charge is -2.39. The first-order valence-electron chi connectivity index (χ1n) is 9.36. The maximum Gasteiger partial charge on any atom is 0.348 e. The highest BCUT2D eigenvalue weighted by molar-refractivity contribution is 5.84. The molecule has 2 saturated heterocycles. The fourth-order valence-electron chi connectivity index (χ4n) is 4.01. The summed E-state index contributed by atoms with van der Waals surface area (Å²) in [4.78, 5) is 14.4. The van der Waals surface area contributed by atoms with E-state index in [0.717, 1.165) is 50.0 Å². The summed E-state index contributed by atoms with van der Waals surface area (Å²) in [6.45, 7) is 4.16. The monoisotopic (exact) mass is 355 g/mol. The fourth-order valence-corrected chi connectivity index (χ4v) is 4.01. The van der Waals surface area contributed by atoms with Crippen molar-refractivity contribution >= 4 is 16.7 Å². The van der Waals surface area contributed by atoms with Gasteiger partial charge >= 0.3 is 5.97 Å². The van der Waals surface area contributed by atoms with Crippen LogP contribution in [0.1, 0.15) is 19.3 Å². The number of carboxylic acid groups (broad SMARTS) is 1. The van der Waals surface area contributed by atoms with Gasteiger partial charge in [-0.1, -0.05) is 30.3 Å². The van der Waals surface area contributed by atoms with Crippen molar-refractivity contribution in [3.63, 3.8) is 0 Å². The second-order valence-corrected chi connectivity index (χ2v) is 7.44. The molecule has 0 aromatic heterocycles. The quantitative estimate of drug-likeness (QED) is 0.893. The van der Waals surface area contributed by atoms with Gasteiger partial charge in [-0.15, -0.1) is 0 Å². The Morgan fingerprint density at radius 2 is 1.96 bits per heavy atom. The van der Waals surface area contributed by atoms with Crippen molar-refractivity contribution in [3.8, 4) is 5.75 Å². The van der Waals surface area contributed by atoms with Crippen LogP contribution >= 0.6 is 0 Å². The van der Waals surface area contributed by atoms with Crippen LogP contribution in [0.5, 0.6) is 5.75 Å². The van der Waals surface area contributed by atoms with Crippen LogP contribution in [0.2, 0.25) is 0 Å². The zero-order chi connectivity index (χ0) is 18.0. The van der Waals surface area contributed by atoms with Gasteiger partial charge in [0.2, 0.25) is 5.60 Å². The average Bonchev–Trinajstić information content (AvgIpc) is 3.16. The number of hydrogen-bond acceptors (Lipinski definition) is 4. The molecule has 2 aromatic rings. The summed E-state index contributed by atoms with van der Waals surface area (Å²) in [6, 6.07) is 13.8. The van der Waals surface area contributed by atoms with Crippen LogP contribution in [-0.2, 0) is 9.53 Å². The van der Waals surface area contributed by atoms with Crippen molar-refractivity contribution in [2.75, 3.05) is 32.8 Å². The Balaban J connectivity index is 1.45. The van der Waals surface area contributed by atoms with Gasteiger partial charge in [0.25, 0.3) is 0 Å². The van der Waals surface area contributed by atoms with Gasteiger partial charge in [0.15, 0.2) is 0 Å². The molecule has 138 valence electrons. The SMILES string of the molecule is O=C(O)C1(Oc2ccc3ccccc3c2)CCN(CC2CCOC2)CC1. The topological polar surface area (TPSA) is 59.0 Å². The van der Waals surface area contributed by atoms with Crippen LogP contribution < -0.4 is 4.74 Å². The number of benzene rings is 2. The second-order valence-electron chi connectivity index (χ2n) is 7.44. The first kappa shape index (κ1) is 17.3. The Morgan fingerprint density at radius 1 is 1.19 bits per heavy atom. The lowest BCUT2D eigenvalue weighted by Crippen LogP contribution is -2.53. The molecule has 0 spiro atoms. The number of likely N-dealkylation sites (tertiary alicyclic amines) is 1. The van der Waals surface area contributed by atoms with Gasteiger partial charge in [0.05, 0.1) is 6.61 Å². The summed E-state index contributed by atoms with van der Waals surface area (Å²) >= 11 is 0. The molecule has 2 aliphatic heterocycles. The van der Waals surface area contributed by atoms with Gasteiger partial charge in [-0.05, 0) is 35.2 Å². The number of fused-ring (bicyclic) bond motifs is 1. The smallest absolute Gasteiger partial charge is 0.348 e. The molecule has 5 heteroatoms. The van der Waals surface area contributed by atoms with Gasteiger partial charge in [-0.25, -0.2) is 4.79 Å². The van der Waals surface area contributed by atoms with Gasteiger partial charge in [0.1, 0.15) is 5.75 Å². The molecule has 4 rings (SSSR count). The molecule has 1 N–H and O–H groups in total. The third-order valence-corrected chi connectivity index (χ3v) is 5.63. The summed E-state index contributed by atoms with van der Waals surface area (Å²) in [7, 11) is 0. The minimum Gasteiger partial charge on any atom is -0.478 e. The van der Waals surface area contributed by atoms with Gasteiger partial charge < -0.3 is 19.5 Å². The number of hydrogen-bond donors (Lipinski definition) is 1. The second kappa shape index (κ2) is 7.25. The van der Waals surface area contributed by atoms with Crippen molar-refractivity contribution in [1.82, 2.24) is 4.90 Å².